The first-order chi connectivity index (χ1) is 23.2. The number of carbonyl (C=O) groups excluding carboxylic acids is 2. The van der Waals surface area contributed by atoms with Gasteiger partial charge in [-0.3, -0.25) is 9.78 Å². The summed E-state index contributed by atoms with van der Waals surface area (Å²) in [7, 11) is 0. The molecule has 3 aromatic heterocycles. The number of benzene rings is 1. The Morgan fingerprint density at radius 1 is 1.12 bits per heavy atom. The van der Waals surface area contributed by atoms with Gasteiger partial charge in [-0.2, -0.15) is 10.4 Å². The summed E-state index contributed by atoms with van der Waals surface area (Å²) >= 11 is 6.37. The van der Waals surface area contributed by atoms with Crippen LogP contribution in [-0.4, -0.2) is 80.4 Å². The quantitative estimate of drug-likeness (QED) is 0.183. The minimum atomic E-state index is -1.74. The van der Waals surface area contributed by atoms with E-state index < -0.39 is 17.4 Å². The number of pyridine rings is 1. The molecule has 0 aliphatic carbocycles. The zero-order chi connectivity index (χ0) is 35.1. The van der Waals surface area contributed by atoms with Crippen molar-refractivity contribution in [3.05, 3.63) is 70.8 Å². The van der Waals surface area contributed by atoms with E-state index in [0.29, 0.717) is 64.0 Å². The van der Waals surface area contributed by atoms with Crippen LogP contribution in [0.15, 0.2) is 49.1 Å². The maximum atomic E-state index is 15.4. The number of fused-ring (bicyclic) bond motifs is 1. The Hall–Kier alpha value is -4.76. The molecule has 0 radical (unpaired) electrons. The molecule has 2 aliphatic heterocycles. The van der Waals surface area contributed by atoms with Crippen LogP contribution in [0.3, 0.4) is 0 Å². The van der Waals surface area contributed by atoms with Crippen molar-refractivity contribution < 1.29 is 23.5 Å². The molecule has 1 amide bonds. The molecule has 0 N–H and O–H groups in total. The summed E-state index contributed by atoms with van der Waals surface area (Å²) in [5, 5.41) is 14.6. The number of anilines is 1. The average Bonchev–Trinajstić information content (AvgIpc) is 3.45. The standard InChI is InChI=1S/C36H39ClFN7O4/c1-23-7-6-8-27(37)31(23)29(46)14-35(5)9-11-43(12-10-35)30-18-40-28(17-41-30)26-13-25(19-45-32(26)24(15-39)16-42-45)48-22-36(38)20-44(21-36)33(47)49-34(2,3)4/h6-8,13,16-19H,9-12,14,20-22H2,1-5H3. The first-order valence-corrected chi connectivity index (χ1v) is 16.6. The van der Waals surface area contributed by atoms with Crippen LogP contribution in [-0.2, 0) is 4.74 Å². The van der Waals surface area contributed by atoms with Crippen LogP contribution in [0.25, 0.3) is 16.8 Å². The van der Waals surface area contributed by atoms with Gasteiger partial charge in [-0.25, -0.2) is 18.7 Å². The molecule has 49 heavy (non-hydrogen) atoms. The fourth-order valence-corrected chi connectivity index (χ4v) is 6.71. The van der Waals surface area contributed by atoms with Crippen molar-refractivity contribution in [2.45, 2.75) is 65.2 Å². The van der Waals surface area contributed by atoms with Crippen molar-refractivity contribution >= 4 is 34.8 Å². The number of amides is 1. The molecule has 4 aromatic rings. The summed E-state index contributed by atoms with van der Waals surface area (Å²) < 4.78 is 28.1. The minimum absolute atomic E-state index is 0.0643. The highest BCUT2D eigenvalue weighted by molar-refractivity contribution is 6.34. The van der Waals surface area contributed by atoms with Gasteiger partial charge in [0.25, 0.3) is 0 Å². The van der Waals surface area contributed by atoms with E-state index >= 15 is 4.39 Å². The number of likely N-dealkylation sites (tertiary alicyclic amines) is 1. The Morgan fingerprint density at radius 3 is 2.49 bits per heavy atom. The lowest BCUT2D eigenvalue weighted by Gasteiger charge is -2.43. The van der Waals surface area contributed by atoms with Crippen molar-refractivity contribution in [3.8, 4) is 23.1 Å². The van der Waals surface area contributed by atoms with Gasteiger partial charge in [0.05, 0.1) is 59.7 Å². The monoisotopic (exact) mass is 687 g/mol. The van der Waals surface area contributed by atoms with Gasteiger partial charge in [-0.15, -0.1) is 0 Å². The number of alkyl halides is 1. The first kappa shape index (κ1) is 34.1. The number of rotatable bonds is 8. The second kappa shape index (κ2) is 12.9. The Balaban J connectivity index is 1.13. The number of ketones is 1. The zero-order valence-electron chi connectivity index (χ0n) is 28.3. The van der Waals surface area contributed by atoms with Crippen LogP contribution in [0.5, 0.6) is 5.75 Å². The summed E-state index contributed by atoms with van der Waals surface area (Å²) in [5.74, 6) is 1.09. The third kappa shape index (κ3) is 7.32. The van der Waals surface area contributed by atoms with Crippen LogP contribution >= 0.6 is 11.6 Å². The van der Waals surface area contributed by atoms with E-state index in [0.717, 1.165) is 18.4 Å². The van der Waals surface area contributed by atoms with Crippen molar-refractivity contribution in [2.24, 2.45) is 5.41 Å². The van der Waals surface area contributed by atoms with Crippen molar-refractivity contribution in [1.82, 2.24) is 24.5 Å². The number of aryl methyl sites for hydroxylation is 1. The van der Waals surface area contributed by atoms with Gasteiger partial charge >= 0.3 is 6.09 Å². The third-order valence-corrected chi connectivity index (χ3v) is 9.42. The van der Waals surface area contributed by atoms with E-state index in [2.05, 4.69) is 23.0 Å². The van der Waals surface area contributed by atoms with E-state index in [9.17, 15) is 14.9 Å². The van der Waals surface area contributed by atoms with Crippen LogP contribution < -0.4 is 9.64 Å². The van der Waals surface area contributed by atoms with E-state index in [4.69, 9.17) is 31.0 Å². The SMILES string of the molecule is Cc1cccc(Cl)c1C(=O)CC1(C)CCN(c2cnc(-c3cc(OCC4(F)CN(C(=O)OC(C)(C)C)C4)cn4ncc(C#N)c34)cn2)CC1. The summed E-state index contributed by atoms with van der Waals surface area (Å²) in [4.78, 5) is 38.3. The summed E-state index contributed by atoms with van der Waals surface area (Å²) in [5.41, 5.74) is 0.841. The molecule has 13 heteroatoms. The molecule has 1 aromatic carbocycles. The van der Waals surface area contributed by atoms with E-state index in [1.165, 1.54) is 15.6 Å². The van der Waals surface area contributed by atoms with Gasteiger partial charge in [0, 0.05) is 30.6 Å². The number of ether oxygens (including phenoxy) is 2. The molecule has 0 spiro atoms. The Morgan fingerprint density at radius 2 is 1.86 bits per heavy atom. The average molecular weight is 688 g/mol. The number of piperidine rings is 1. The normalized spacial score (nSPS) is 16.9. The summed E-state index contributed by atoms with van der Waals surface area (Å²) in [6, 6.07) is 9.38. The van der Waals surface area contributed by atoms with Crippen molar-refractivity contribution in [3.63, 3.8) is 0 Å². The minimum Gasteiger partial charge on any atom is -0.488 e. The Bertz CT molecular complexity index is 1920. The van der Waals surface area contributed by atoms with Gasteiger partial charge in [0.2, 0.25) is 0 Å². The molecule has 11 nitrogen and oxygen atoms in total. The second-order valence-electron chi connectivity index (χ2n) is 14.4. The highest BCUT2D eigenvalue weighted by atomic mass is 35.5. The number of halogens is 2. The highest BCUT2D eigenvalue weighted by Gasteiger charge is 2.48. The van der Waals surface area contributed by atoms with E-state index in [-0.39, 0.29) is 30.9 Å². The smallest absolute Gasteiger partial charge is 0.410 e. The van der Waals surface area contributed by atoms with Gasteiger partial charge < -0.3 is 19.3 Å². The fourth-order valence-electron chi connectivity index (χ4n) is 6.39. The van der Waals surface area contributed by atoms with Crippen LogP contribution in [0.2, 0.25) is 5.02 Å². The largest absolute Gasteiger partial charge is 0.488 e. The number of carbonyl (C=O) groups is 2. The zero-order valence-corrected chi connectivity index (χ0v) is 29.1. The molecule has 5 heterocycles. The highest BCUT2D eigenvalue weighted by Crippen LogP contribution is 2.38. The number of aromatic nitrogens is 4. The maximum absolute atomic E-state index is 15.4. The van der Waals surface area contributed by atoms with Crippen molar-refractivity contribution in [1.29, 1.82) is 5.26 Å². The number of Topliss-reactive ketones (excluding diaryl/α,β-unsaturated/α-hetero) is 1. The molecule has 0 bridgehead atoms. The first-order valence-electron chi connectivity index (χ1n) is 16.2. The maximum Gasteiger partial charge on any atom is 0.410 e. The lowest BCUT2D eigenvalue weighted by Crippen LogP contribution is -2.64. The molecule has 2 aliphatic rings. The molecular weight excluding hydrogens is 649 g/mol. The number of hydrogen-bond donors (Lipinski definition) is 0. The van der Waals surface area contributed by atoms with E-state index in [1.54, 1.807) is 51.5 Å². The van der Waals surface area contributed by atoms with Gasteiger partial charge in [0.1, 0.15) is 29.8 Å². The van der Waals surface area contributed by atoms with Gasteiger partial charge in [-0.1, -0.05) is 30.7 Å². The van der Waals surface area contributed by atoms with Crippen molar-refractivity contribution in [2.75, 3.05) is 37.7 Å². The third-order valence-electron chi connectivity index (χ3n) is 9.10. The summed E-state index contributed by atoms with van der Waals surface area (Å²) in [6.07, 6.45) is 7.83. The molecule has 0 saturated carbocycles. The Kier molecular flexibility index (Phi) is 9.00. The number of nitrogens with zero attached hydrogens (tertiary/aromatic N) is 7. The summed E-state index contributed by atoms with van der Waals surface area (Å²) in [6.45, 7) is 10.2. The fraction of sp³-hybridized carbons (Fsp3) is 0.444. The second-order valence-corrected chi connectivity index (χ2v) is 14.8. The van der Waals surface area contributed by atoms with Gasteiger partial charge in [-0.05, 0) is 63.6 Å². The molecule has 2 saturated heterocycles. The number of nitriles is 1. The van der Waals surface area contributed by atoms with E-state index in [1.807, 2.05) is 19.1 Å². The lowest BCUT2D eigenvalue weighted by atomic mass is 9.75. The molecule has 256 valence electrons. The van der Waals surface area contributed by atoms with Gasteiger partial charge in [0.15, 0.2) is 11.5 Å². The number of hydrogen-bond acceptors (Lipinski definition) is 9. The lowest BCUT2D eigenvalue weighted by molar-refractivity contribution is -0.0686. The predicted octanol–water partition coefficient (Wildman–Crippen LogP) is 6.84. The van der Waals surface area contributed by atoms with Crippen LogP contribution in [0.4, 0.5) is 15.0 Å². The topological polar surface area (TPSA) is 126 Å². The van der Waals surface area contributed by atoms with Crippen LogP contribution in [0, 0.1) is 23.7 Å². The van der Waals surface area contributed by atoms with Crippen LogP contribution in [0.1, 0.15) is 68.4 Å². The molecule has 0 unspecified atom stereocenters. The predicted molar refractivity (Wildman–Crippen MR) is 183 cm³/mol. The molecule has 2 fully saturated rings. The Labute approximate surface area is 289 Å². The molecular formula is C36H39ClFN7O4. The molecule has 0 atom stereocenters. The molecule has 6 rings (SSSR count).